The van der Waals surface area contributed by atoms with E-state index in [9.17, 15) is 0 Å². The Labute approximate surface area is 125 Å². The van der Waals surface area contributed by atoms with Crippen molar-refractivity contribution >= 4 is 11.8 Å². The molecule has 0 amide bonds. The summed E-state index contributed by atoms with van der Waals surface area (Å²) in [6, 6.07) is 4.42. The number of hydrogen-bond donors (Lipinski definition) is 1. The number of methoxy groups -OCH3 is 2. The fourth-order valence-corrected chi connectivity index (χ4v) is 3.29. The minimum atomic E-state index is 0.285. The lowest BCUT2D eigenvalue weighted by Crippen LogP contribution is -2.28. The third kappa shape index (κ3) is 3.22. The number of ether oxygens (including phenoxy) is 2. The first kappa shape index (κ1) is 15.5. The van der Waals surface area contributed by atoms with E-state index in [-0.39, 0.29) is 6.04 Å². The Morgan fingerprint density at radius 1 is 1.25 bits per heavy atom. The first-order valence-electron chi connectivity index (χ1n) is 6.85. The van der Waals surface area contributed by atoms with Crippen LogP contribution in [0.2, 0.25) is 0 Å². The van der Waals surface area contributed by atoms with E-state index >= 15 is 0 Å². The van der Waals surface area contributed by atoms with Crippen LogP contribution in [-0.4, -0.2) is 44.5 Å². The van der Waals surface area contributed by atoms with Gasteiger partial charge >= 0.3 is 0 Å². The highest BCUT2D eigenvalue weighted by Crippen LogP contribution is 2.35. The van der Waals surface area contributed by atoms with Crippen molar-refractivity contribution in [2.45, 2.75) is 24.4 Å². The van der Waals surface area contributed by atoms with Crippen LogP contribution < -0.4 is 15.2 Å². The maximum Gasteiger partial charge on any atom is 0.161 e. The van der Waals surface area contributed by atoms with E-state index in [2.05, 4.69) is 30.2 Å². The Morgan fingerprint density at radius 3 is 2.40 bits per heavy atom. The van der Waals surface area contributed by atoms with E-state index in [0.29, 0.717) is 5.92 Å². The topological polar surface area (TPSA) is 47.7 Å². The molecule has 1 aromatic rings. The van der Waals surface area contributed by atoms with Gasteiger partial charge in [-0.15, -0.1) is 11.8 Å². The second kappa shape index (κ2) is 6.70. The Balaban J connectivity index is 2.22. The van der Waals surface area contributed by atoms with Gasteiger partial charge in [-0.25, -0.2) is 0 Å². The first-order valence-corrected chi connectivity index (χ1v) is 8.08. The van der Waals surface area contributed by atoms with Gasteiger partial charge in [0.15, 0.2) is 11.5 Å². The third-order valence-corrected chi connectivity index (χ3v) is 4.75. The average molecular weight is 296 g/mol. The minimum Gasteiger partial charge on any atom is -0.493 e. The standard InChI is InChI=1S/C15H24N2O2S/c1-10-7-17(9-12(10)16)8-11-5-13(18-2)14(19-3)6-15(11)20-4/h5-6,10,12H,7-9,16H2,1-4H3. The predicted molar refractivity (Wildman–Crippen MR) is 83.7 cm³/mol. The second-order valence-corrected chi connectivity index (χ2v) is 6.20. The van der Waals surface area contributed by atoms with Crippen molar-refractivity contribution in [1.82, 2.24) is 4.90 Å². The zero-order chi connectivity index (χ0) is 14.7. The third-order valence-electron chi connectivity index (χ3n) is 3.93. The molecule has 0 bridgehead atoms. The Hall–Kier alpha value is -0.910. The van der Waals surface area contributed by atoms with Crippen molar-refractivity contribution in [1.29, 1.82) is 0 Å². The molecular weight excluding hydrogens is 272 g/mol. The molecule has 0 aliphatic carbocycles. The number of rotatable bonds is 5. The quantitative estimate of drug-likeness (QED) is 0.844. The van der Waals surface area contributed by atoms with Gasteiger partial charge in [0.2, 0.25) is 0 Å². The van der Waals surface area contributed by atoms with Crippen LogP contribution in [0, 0.1) is 5.92 Å². The predicted octanol–water partition coefficient (Wildman–Crippen LogP) is 2.20. The highest BCUT2D eigenvalue weighted by Gasteiger charge is 2.27. The summed E-state index contributed by atoms with van der Waals surface area (Å²) >= 11 is 1.74. The summed E-state index contributed by atoms with van der Waals surface area (Å²) in [6.45, 7) is 5.15. The molecule has 20 heavy (non-hydrogen) atoms. The molecule has 5 heteroatoms. The smallest absolute Gasteiger partial charge is 0.161 e. The normalized spacial score (nSPS) is 23.1. The number of thioether (sulfide) groups is 1. The van der Waals surface area contributed by atoms with E-state index in [1.54, 1.807) is 26.0 Å². The minimum absolute atomic E-state index is 0.285. The fraction of sp³-hybridized carbons (Fsp3) is 0.600. The SMILES string of the molecule is COc1cc(CN2CC(C)C(N)C2)c(SC)cc1OC. The van der Waals surface area contributed by atoms with Crippen LogP contribution >= 0.6 is 11.8 Å². The average Bonchev–Trinajstić information content (AvgIpc) is 2.76. The van der Waals surface area contributed by atoms with Gasteiger partial charge in [-0.3, -0.25) is 4.90 Å². The van der Waals surface area contributed by atoms with Crippen LogP contribution in [-0.2, 0) is 6.54 Å². The highest BCUT2D eigenvalue weighted by atomic mass is 32.2. The molecule has 1 saturated heterocycles. The lowest BCUT2D eigenvalue weighted by atomic mass is 10.1. The second-order valence-electron chi connectivity index (χ2n) is 5.35. The van der Waals surface area contributed by atoms with Crippen LogP contribution in [0.3, 0.4) is 0 Å². The van der Waals surface area contributed by atoms with Crippen LogP contribution in [0.15, 0.2) is 17.0 Å². The van der Waals surface area contributed by atoms with E-state index in [4.69, 9.17) is 15.2 Å². The molecule has 112 valence electrons. The molecule has 2 rings (SSSR count). The van der Waals surface area contributed by atoms with Crippen molar-refractivity contribution < 1.29 is 9.47 Å². The Kier molecular flexibility index (Phi) is 5.18. The summed E-state index contributed by atoms with van der Waals surface area (Å²) in [5.41, 5.74) is 7.38. The Bertz CT molecular complexity index is 457. The van der Waals surface area contributed by atoms with Crippen LogP contribution in [0.1, 0.15) is 12.5 Å². The maximum atomic E-state index is 6.10. The van der Waals surface area contributed by atoms with Crippen LogP contribution in [0.5, 0.6) is 11.5 Å². The number of hydrogen-bond acceptors (Lipinski definition) is 5. The molecule has 0 saturated carbocycles. The maximum absolute atomic E-state index is 6.10. The zero-order valence-corrected chi connectivity index (χ0v) is 13.5. The molecule has 0 spiro atoms. The van der Waals surface area contributed by atoms with Crippen molar-refractivity contribution in [3.63, 3.8) is 0 Å². The molecule has 2 atom stereocenters. The van der Waals surface area contributed by atoms with Crippen molar-refractivity contribution in [3.8, 4) is 11.5 Å². The van der Waals surface area contributed by atoms with Gasteiger partial charge < -0.3 is 15.2 Å². The molecule has 1 aliphatic heterocycles. The molecule has 2 N–H and O–H groups in total. The van der Waals surface area contributed by atoms with Crippen LogP contribution in [0.4, 0.5) is 0 Å². The summed E-state index contributed by atoms with van der Waals surface area (Å²) in [6.07, 6.45) is 2.09. The summed E-state index contributed by atoms with van der Waals surface area (Å²) < 4.78 is 10.8. The molecule has 1 aromatic carbocycles. The van der Waals surface area contributed by atoms with Gasteiger partial charge in [-0.05, 0) is 29.9 Å². The number of nitrogens with zero attached hydrogens (tertiary/aromatic N) is 1. The van der Waals surface area contributed by atoms with Crippen molar-refractivity contribution in [2.24, 2.45) is 11.7 Å². The van der Waals surface area contributed by atoms with Crippen molar-refractivity contribution in [2.75, 3.05) is 33.6 Å². The molecule has 0 radical (unpaired) electrons. The number of benzene rings is 1. The monoisotopic (exact) mass is 296 g/mol. The number of likely N-dealkylation sites (tertiary alicyclic amines) is 1. The summed E-state index contributed by atoms with van der Waals surface area (Å²) in [7, 11) is 3.34. The largest absolute Gasteiger partial charge is 0.493 e. The van der Waals surface area contributed by atoms with E-state index in [1.807, 2.05) is 0 Å². The summed E-state index contributed by atoms with van der Waals surface area (Å²) in [5, 5.41) is 0. The van der Waals surface area contributed by atoms with Gasteiger partial charge in [-0.1, -0.05) is 6.92 Å². The van der Waals surface area contributed by atoms with Crippen LogP contribution in [0.25, 0.3) is 0 Å². The van der Waals surface area contributed by atoms with Gasteiger partial charge in [0.25, 0.3) is 0 Å². The Morgan fingerprint density at radius 2 is 1.90 bits per heavy atom. The highest BCUT2D eigenvalue weighted by molar-refractivity contribution is 7.98. The molecule has 1 fully saturated rings. The van der Waals surface area contributed by atoms with Gasteiger partial charge in [0.05, 0.1) is 14.2 Å². The lowest BCUT2D eigenvalue weighted by Gasteiger charge is -2.19. The van der Waals surface area contributed by atoms with Gasteiger partial charge in [0, 0.05) is 30.6 Å². The number of nitrogens with two attached hydrogens (primary N) is 1. The van der Waals surface area contributed by atoms with Gasteiger partial charge in [0.1, 0.15) is 0 Å². The van der Waals surface area contributed by atoms with E-state index in [0.717, 1.165) is 31.1 Å². The molecule has 1 aliphatic rings. The van der Waals surface area contributed by atoms with Gasteiger partial charge in [-0.2, -0.15) is 0 Å². The van der Waals surface area contributed by atoms with E-state index in [1.165, 1.54) is 10.5 Å². The summed E-state index contributed by atoms with van der Waals surface area (Å²) in [5.74, 6) is 2.14. The first-order chi connectivity index (χ1) is 9.58. The molecule has 1 heterocycles. The summed E-state index contributed by atoms with van der Waals surface area (Å²) in [4.78, 5) is 3.65. The molecular formula is C15H24N2O2S. The van der Waals surface area contributed by atoms with Crippen molar-refractivity contribution in [3.05, 3.63) is 17.7 Å². The lowest BCUT2D eigenvalue weighted by molar-refractivity contribution is 0.313. The molecule has 2 unspecified atom stereocenters. The van der Waals surface area contributed by atoms with E-state index < -0.39 is 0 Å². The molecule has 4 nitrogen and oxygen atoms in total. The molecule has 0 aromatic heterocycles. The zero-order valence-electron chi connectivity index (χ0n) is 12.7. The fourth-order valence-electron chi connectivity index (χ4n) is 2.68.